The molecule has 0 saturated heterocycles. The van der Waals surface area contributed by atoms with E-state index in [9.17, 15) is 13.2 Å². The van der Waals surface area contributed by atoms with Crippen molar-refractivity contribution in [3.8, 4) is 0 Å². The van der Waals surface area contributed by atoms with Crippen molar-refractivity contribution in [2.24, 2.45) is 0 Å². The molecule has 0 unspecified atom stereocenters. The Balaban J connectivity index is 1.74. The summed E-state index contributed by atoms with van der Waals surface area (Å²) in [6, 6.07) is 8.58. The zero-order chi connectivity index (χ0) is 22.3. The molecule has 0 atom stereocenters. The van der Waals surface area contributed by atoms with Gasteiger partial charge in [-0.05, 0) is 50.1 Å². The maximum Gasteiger partial charge on any atom is 0.269 e. The van der Waals surface area contributed by atoms with Gasteiger partial charge >= 0.3 is 0 Å². The molecule has 4 aromatic rings. The summed E-state index contributed by atoms with van der Waals surface area (Å²) in [7, 11) is -3.79. The molecule has 1 saturated carbocycles. The molecule has 1 aliphatic carbocycles. The van der Waals surface area contributed by atoms with Crippen LogP contribution in [0.15, 0.2) is 53.7 Å². The Kier molecular flexibility index (Phi) is 5.17. The van der Waals surface area contributed by atoms with Crippen molar-refractivity contribution in [3.63, 3.8) is 0 Å². The van der Waals surface area contributed by atoms with Crippen molar-refractivity contribution in [1.82, 2.24) is 18.3 Å². The summed E-state index contributed by atoms with van der Waals surface area (Å²) in [6.45, 7) is 1.92. The summed E-state index contributed by atoms with van der Waals surface area (Å²) in [5.74, 6) is 1.19. The zero-order valence-corrected chi connectivity index (χ0v) is 18.6. The molecule has 1 fully saturated rings. The minimum Gasteiger partial charge on any atom is -0.299 e. The van der Waals surface area contributed by atoms with Gasteiger partial charge in [0.25, 0.3) is 10.0 Å². The molecule has 32 heavy (non-hydrogen) atoms. The molecule has 3 aromatic heterocycles. The predicted octanol–water partition coefficient (Wildman–Crippen LogP) is 4.49. The van der Waals surface area contributed by atoms with Crippen LogP contribution in [0, 0.1) is 6.92 Å². The molecule has 0 radical (unpaired) electrons. The number of benzene rings is 1. The Bertz CT molecular complexity index is 1440. The molecule has 8 heteroatoms. The molecule has 0 N–H and O–H groups in total. The van der Waals surface area contributed by atoms with Gasteiger partial charge in [0.05, 0.1) is 27.8 Å². The summed E-state index contributed by atoms with van der Waals surface area (Å²) < 4.78 is 29.9. The van der Waals surface area contributed by atoms with Crippen molar-refractivity contribution in [1.29, 1.82) is 0 Å². The lowest BCUT2D eigenvalue weighted by Gasteiger charge is -2.20. The van der Waals surface area contributed by atoms with Crippen LogP contribution >= 0.6 is 0 Å². The molecule has 0 spiro atoms. The SMILES string of the molecule is Cc1ccc(S(=O)(=O)n2ccc3c2ncc2c(/C=C/C=O)nc(C4CCCCC4)n23)cc1. The van der Waals surface area contributed by atoms with E-state index in [-0.39, 0.29) is 10.8 Å². The summed E-state index contributed by atoms with van der Waals surface area (Å²) >= 11 is 0. The molecule has 0 aliphatic heterocycles. The number of carbonyl (C=O) groups is 1. The number of aryl methyl sites for hydroxylation is 1. The first kappa shape index (κ1) is 20.6. The van der Waals surface area contributed by atoms with Crippen LogP contribution in [0.1, 0.15) is 55.1 Å². The number of carbonyl (C=O) groups excluding carboxylic acids is 1. The number of hydrogen-bond donors (Lipinski definition) is 0. The van der Waals surface area contributed by atoms with Gasteiger partial charge < -0.3 is 0 Å². The third-order valence-electron chi connectivity index (χ3n) is 6.20. The fourth-order valence-electron chi connectivity index (χ4n) is 4.57. The Morgan fingerprint density at radius 2 is 1.78 bits per heavy atom. The number of imidazole rings is 1. The summed E-state index contributed by atoms with van der Waals surface area (Å²) in [5.41, 5.74) is 3.48. The number of aromatic nitrogens is 4. The van der Waals surface area contributed by atoms with Crippen LogP contribution in [0.25, 0.3) is 22.8 Å². The monoisotopic (exact) mass is 448 g/mol. The van der Waals surface area contributed by atoms with E-state index in [2.05, 4.69) is 4.98 Å². The predicted molar refractivity (Wildman–Crippen MR) is 123 cm³/mol. The lowest BCUT2D eigenvalue weighted by atomic mass is 9.89. The molecule has 0 bridgehead atoms. The van der Waals surface area contributed by atoms with Crippen LogP contribution in [0.2, 0.25) is 0 Å². The number of rotatable bonds is 5. The highest BCUT2D eigenvalue weighted by Gasteiger charge is 2.26. The summed E-state index contributed by atoms with van der Waals surface area (Å²) in [6.07, 6.45) is 12.6. The summed E-state index contributed by atoms with van der Waals surface area (Å²) in [4.78, 5) is 20.5. The van der Waals surface area contributed by atoms with Gasteiger partial charge in [-0.25, -0.2) is 22.4 Å². The largest absolute Gasteiger partial charge is 0.299 e. The normalized spacial score (nSPS) is 15.8. The van der Waals surface area contributed by atoms with Crippen molar-refractivity contribution < 1.29 is 13.2 Å². The second kappa shape index (κ2) is 8.02. The fraction of sp³-hybridized carbons (Fsp3) is 0.292. The van der Waals surface area contributed by atoms with E-state index in [0.29, 0.717) is 16.9 Å². The van der Waals surface area contributed by atoms with Crippen LogP contribution in [0.5, 0.6) is 0 Å². The maximum absolute atomic E-state index is 13.3. The first-order valence-electron chi connectivity index (χ1n) is 10.8. The van der Waals surface area contributed by atoms with Gasteiger partial charge in [-0.2, -0.15) is 0 Å². The lowest BCUT2D eigenvalue weighted by Crippen LogP contribution is -2.13. The molecule has 0 amide bonds. The van der Waals surface area contributed by atoms with E-state index < -0.39 is 10.0 Å². The van der Waals surface area contributed by atoms with Gasteiger partial charge in [0.15, 0.2) is 5.65 Å². The van der Waals surface area contributed by atoms with Gasteiger partial charge in [-0.15, -0.1) is 0 Å². The van der Waals surface area contributed by atoms with Crippen molar-refractivity contribution in [2.75, 3.05) is 0 Å². The maximum atomic E-state index is 13.3. The number of fused-ring (bicyclic) bond motifs is 3. The fourth-order valence-corrected chi connectivity index (χ4v) is 5.86. The second-order valence-electron chi connectivity index (χ2n) is 8.30. The Labute approximate surface area is 186 Å². The third kappa shape index (κ3) is 3.35. The van der Waals surface area contributed by atoms with Crippen LogP contribution in [-0.4, -0.2) is 33.0 Å². The molecule has 164 valence electrons. The standard InChI is InChI=1S/C24H24N4O3S/c1-17-9-11-19(12-10-17)32(30,31)27-14-13-21-24(27)25-16-22-20(8-5-15-29)26-23(28(21)22)18-6-3-2-4-7-18/h5,8-16,18H,2-4,6-7H2,1H3/b8-5+. The summed E-state index contributed by atoms with van der Waals surface area (Å²) in [5, 5.41) is 0. The van der Waals surface area contributed by atoms with E-state index in [1.807, 2.05) is 11.3 Å². The smallest absolute Gasteiger partial charge is 0.269 e. The lowest BCUT2D eigenvalue weighted by molar-refractivity contribution is -0.104. The van der Waals surface area contributed by atoms with Crippen molar-refractivity contribution in [3.05, 3.63) is 65.9 Å². The number of aldehydes is 1. The Hall–Kier alpha value is -3.26. The van der Waals surface area contributed by atoms with E-state index in [0.717, 1.165) is 48.9 Å². The van der Waals surface area contributed by atoms with E-state index in [4.69, 9.17) is 4.98 Å². The Morgan fingerprint density at radius 1 is 1.03 bits per heavy atom. The highest BCUT2D eigenvalue weighted by Crippen LogP contribution is 2.35. The molecule has 1 aliphatic rings. The molecule has 1 aromatic carbocycles. The van der Waals surface area contributed by atoms with Crippen LogP contribution in [-0.2, 0) is 14.8 Å². The van der Waals surface area contributed by atoms with Crippen molar-refractivity contribution in [2.45, 2.75) is 49.8 Å². The van der Waals surface area contributed by atoms with Crippen LogP contribution in [0.4, 0.5) is 0 Å². The van der Waals surface area contributed by atoms with Gasteiger partial charge in [-0.1, -0.05) is 37.0 Å². The zero-order valence-electron chi connectivity index (χ0n) is 17.8. The minimum absolute atomic E-state index is 0.218. The number of allylic oxidation sites excluding steroid dienone is 1. The quantitative estimate of drug-likeness (QED) is 0.332. The van der Waals surface area contributed by atoms with Gasteiger partial charge in [0.2, 0.25) is 0 Å². The highest BCUT2D eigenvalue weighted by atomic mass is 32.2. The molecule has 7 nitrogen and oxygen atoms in total. The highest BCUT2D eigenvalue weighted by molar-refractivity contribution is 7.90. The molecular weight excluding hydrogens is 424 g/mol. The third-order valence-corrected chi connectivity index (χ3v) is 7.88. The second-order valence-corrected chi connectivity index (χ2v) is 10.1. The average Bonchev–Trinajstić information content (AvgIpc) is 3.40. The number of hydrogen-bond acceptors (Lipinski definition) is 5. The van der Waals surface area contributed by atoms with E-state index >= 15 is 0 Å². The van der Waals surface area contributed by atoms with E-state index in [1.165, 1.54) is 16.5 Å². The molecule has 5 rings (SSSR count). The van der Waals surface area contributed by atoms with Crippen LogP contribution in [0.3, 0.4) is 0 Å². The molecular formula is C24H24N4O3S. The van der Waals surface area contributed by atoms with Crippen molar-refractivity contribution >= 4 is 39.1 Å². The number of nitrogens with zero attached hydrogens (tertiary/aromatic N) is 4. The van der Waals surface area contributed by atoms with E-state index in [1.54, 1.807) is 48.8 Å². The first-order valence-corrected chi connectivity index (χ1v) is 12.3. The van der Waals surface area contributed by atoms with Gasteiger partial charge in [0.1, 0.15) is 12.1 Å². The molecule has 3 heterocycles. The minimum atomic E-state index is -3.79. The Morgan fingerprint density at radius 3 is 2.50 bits per heavy atom. The van der Waals surface area contributed by atoms with Crippen LogP contribution < -0.4 is 0 Å². The average molecular weight is 449 g/mol. The van der Waals surface area contributed by atoms with Gasteiger partial charge in [0, 0.05) is 12.1 Å². The first-order chi connectivity index (χ1) is 15.5. The van der Waals surface area contributed by atoms with Gasteiger partial charge in [-0.3, -0.25) is 9.20 Å². The topological polar surface area (TPSA) is 86.3 Å².